The molecule has 0 fully saturated rings. The molecule has 1 N–H and O–H groups in total. The summed E-state index contributed by atoms with van der Waals surface area (Å²) in [5.41, 5.74) is 2.78. The Morgan fingerprint density at radius 3 is 2.50 bits per heavy atom. The van der Waals surface area contributed by atoms with E-state index in [1.165, 1.54) is 45.6 Å². The Bertz CT molecular complexity index is 1730. The molecule has 36 heavy (non-hydrogen) atoms. The van der Waals surface area contributed by atoms with E-state index >= 15 is 0 Å². The molecule has 184 valence electrons. The second-order valence-electron chi connectivity index (χ2n) is 8.86. The van der Waals surface area contributed by atoms with E-state index in [-0.39, 0.29) is 10.6 Å². The van der Waals surface area contributed by atoms with E-state index in [0.29, 0.717) is 12.1 Å². The average molecular weight is 519 g/mol. The molecule has 0 radical (unpaired) electrons. The van der Waals surface area contributed by atoms with Crippen molar-refractivity contribution < 1.29 is 16.8 Å². The van der Waals surface area contributed by atoms with Gasteiger partial charge in [0.1, 0.15) is 11.2 Å². The number of sulfone groups is 1. The Balaban J connectivity index is 0.000000186. The molecule has 0 bridgehead atoms. The van der Waals surface area contributed by atoms with Gasteiger partial charge in [-0.3, -0.25) is 0 Å². The fourth-order valence-corrected chi connectivity index (χ4v) is 7.71. The summed E-state index contributed by atoms with van der Waals surface area (Å²) in [6.45, 7) is 3.60. The van der Waals surface area contributed by atoms with Crippen LogP contribution in [-0.2, 0) is 26.3 Å². The molecule has 6 rings (SSSR count). The molecule has 6 nitrogen and oxygen atoms in total. The zero-order chi connectivity index (χ0) is 25.3. The van der Waals surface area contributed by atoms with Gasteiger partial charge in [0.15, 0.2) is 9.84 Å². The van der Waals surface area contributed by atoms with Gasteiger partial charge in [-0.15, -0.1) is 11.0 Å². The lowest BCUT2D eigenvalue weighted by atomic mass is 9.86. The first-order chi connectivity index (χ1) is 17.3. The van der Waals surface area contributed by atoms with Crippen LogP contribution in [0.1, 0.15) is 29.2 Å². The molecule has 4 aromatic carbocycles. The molecule has 0 amide bonds. The molecule has 2 aliphatic rings. The Kier molecular flexibility index (Phi) is 6.40. The van der Waals surface area contributed by atoms with Crippen molar-refractivity contribution in [3.05, 3.63) is 96.6 Å². The minimum atomic E-state index is -3.44. The van der Waals surface area contributed by atoms with Gasteiger partial charge in [-0.2, -0.15) is 8.42 Å². The Hall–Kier alpha value is -3.49. The highest BCUT2D eigenvalue weighted by molar-refractivity contribution is 7.91. The third-order valence-corrected chi connectivity index (χ3v) is 10.0. The first-order valence-corrected chi connectivity index (χ1v) is 14.9. The zero-order valence-electron chi connectivity index (χ0n) is 19.6. The Morgan fingerprint density at radius 1 is 0.944 bits per heavy atom. The molecular weight excluding hydrogens is 492 g/mol. The highest BCUT2D eigenvalue weighted by atomic mass is 32.2. The molecule has 8 heteroatoms. The number of para-hydroxylation sites is 1. The fraction of sp³-hybridized carbons (Fsp3) is 0.179. The van der Waals surface area contributed by atoms with Crippen LogP contribution in [-0.4, -0.2) is 28.9 Å². The number of nitrogens with one attached hydrogen (secondary N) is 1. The van der Waals surface area contributed by atoms with Gasteiger partial charge in [-0.1, -0.05) is 66.7 Å². The highest BCUT2D eigenvalue weighted by Crippen LogP contribution is 2.40. The van der Waals surface area contributed by atoms with E-state index in [4.69, 9.17) is 0 Å². The predicted molar refractivity (Wildman–Crippen MR) is 147 cm³/mol. The standard InChI is InChI=1S/C21H20O2S.C7H6N2O2S/c1-2-14-24(22,23)21-9-5-8-17-19-11-10-15-6-3-4-7-16(15)18(19)12-13-20(17)21;10-12(11)7-4-2-1-3-6(7)8-5-9-12/h2-4,6-7,10-13,21H,1,5,8-9,14H2;1-5H,(H,8,9). The molecule has 1 atom stereocenters. The zero-order valence-corrected chi connectivity index (χ0v) is 21.2. The number of nitrogens with zero attached hydrogens (tertiary/aromatic N) is 1. The minimum absolute atomic E-state index is 0.0485. The van der Waals surface area contributed by atoms with Gasteiger partial charge in [-0.05, 0) is 64.1 Å². The molecule has 0 saturated carbocycles. The number of anilines is 1. The van der Waals surface area contributed by atoms with Crippen LogP contribution in [0.15, 0.2) is 94.7 Å². The van der Waals surface area contributed by atoms with Gasteiger partial charge < -0.3 is 5.32 Å². The lowest BCUT2D eigenvalue weighted by Gasteiger charge is -2.26. The van der Waals surface area contributed by atoms with E-state index in [2.05, 4.69) is 52.7 Å². The number of rotatable bonds is 3. The summed E-state index contributed by atoms with van der Waals surface area (Å²) in [6.07, 6.45) is 5.25. The molecule has 4 aromatic rings. The van der Waals surface area contributed by atoms with E-state index in [0.717, 1.165) is 18.4 Å². The summed E-state index contributed by atoms with van der Waals surface area (Å²) in [5, 5.41) is 7.22. The van der Waals surface area contributed by atoms with Gasteiger partial charge in [0.25, 0.3) is 10.0 Å². The third-order valence-electron chi connectivity index (χ3n) is 6.67. The molecule has 0 aromatic heterocycles. The summed E-state index contributed by atoms with van der Waals surface area (Å²) < 4.78 is 51.1. The van der Waals surface area contributed by atoms with Crippen LogP contribution in [0.4, 0.5) is 5.69 Å². The van der Waals surface area contributed by atoms with Crippen LogP contribution in [0.25, 0.3) is 21.5 Å². The van der Waals surface area contributed by atoms with Crippen molar-refractivity contribution in [2.45, 2.75) is 29.4 Å². The van der Waals surface area contributed by atoms with Crippen molar-refractivity contribution in [1.29, 1.82) is 0 Å². The molecule has 0 saturated heterocycles. The molecule has 1 unspecified atom stereocenters. The number of hydrogen-bond donors (Lipinski definition) is 1. The van der Waals surface area contributed by atoms with Crippen molar-refractivity contribution in [2.24, 2.45) is 4.40 Å². The minimum Gasteiger partial charge on any atom is -0.345 e. The van der Waals surface area contributed by atoms with Crippen molar-refractivity contribution in [3.8, 4) is 0 Å². The number of hydrogen-bond acceptors (Lipinski definition) is 5. The van der Waals surface area contributed by atoms with Crippen molar-refractivity contribution in [2.75, 3.05) is 11.1 Å². The summed E-state index contributed by atoms with van der Waals surface area (Å²) in [7, 11) is -6.61. The van der Waals surface area contributed by atoms with Gasteiger partial charge in [0.2, 0.25) is 0 Å². The smallest absolute Gasteiger partial charge is 0.285 e. The number of sulfonamides is 1. The predicted octanol–water partition coefficient (Wildman–Crippen LogP) is 5.80. The number of fused-ring (bicyclic) bond motifs is 6. The van der Waals surface area contributed by atoms with Crippen LogP contribution < -0.4 is 5.32 Å². The second-order valence-corrected chi connectivity index (χ2v) is 12.7. The van der Waals surface area contributed by atoms with Crippen LogP contribution in [0.3, 0.4) is 0 Å². The van der Waals surface area contributed by atoms with Crippen molar-refractivity contribution >= 4 is 53.4 Å². The van der Waals surface area contributed by atoms with E-state index in [9.17, 15) is 16.8 Å². The summed E-state index contributed by atoms with van der Waals surface area (Å²) >= 11 is 0. The lowest BCUT2D eigenvalue weighted by molar-refractivity contribution is 0.564. The van der Waals surface area contributed by atoms with Gasteiger partial charge >= 0.3 is 0 Å². The highest BCUT2D eigenvalue weighted by Gasteiger charge is 2.31. The van der Waals surface area contributed by atoms with Crippen LogP contribution >= 0.6 is 0 Å². The molecule has 0 spiro atoms. The second kappa shape index (κ2) is 9.52. The average Bonchev–Trinajstić information content (AvgIpc) is 2.88. The van der Waals surface area contributed by atoms with E-state index in [1.54, 1.807) is 18.2 Å². The monoisotopic (exact) mass is 518 g/mol. The van der Waals surface area contributed by atoms with E-state index < -0.39 is 25.1 Å². The van der Waals surface area contributed by atoms with Crippen molar-refractivity contribution in [1.82, 2.24) is 0 Å². The fourth-order valence-electron chi connectivity index (χ4n) is 5.05. The SMILES string of the molecule is C=CCS(=O)(=O)C1CCCc2c1ccc1c2ccc2ccccc21.O=S1(=O)N=CNc2ccccc21. The van der Waals surface area contributed by atoms with Gasteiger partial charge in [0, 0.05) is 0 Å². The number of benzene rings is 4. The maximum Gasteiger partial charge on any atom is 0.285 e. The largest absolute Gasteiger partial charge is 0.345 e. The van der Waals surface area contributed by atoms with Crippen LogP contribution in [0.2, 0.25) is 0 Å². The normalized spacial score (nSPS) is 17.8. The Morgan fingerprint density at radius 2 is 1.69 bits per heavy atom. The topological polar surface area (TPSA) is 92.7 Å². The molecule has 1 aliphatic heterocycles. The summed E-state index contributed by atoms with van der Waals surface area (Å²) in [4.78, 5) is 0.229. The van der Waals surface area contributed by atoms with Crippen molar-refractivity contribution in [3.63, 3.8) is 0 Å². The quantitative estimate of drug-likeness (QED) is 0.273. The van der Waals surface area contributed by atoms with Gasteiger partial charge in [-0.25, -0.2) is 8.42 Å². The number of aryl methyl sites for hydroxylation is 1. The molecule has 1 aliphatic carbocycles. The maximum absolute atomic E-state index is 12.6. The Labute approximate surface area is 211 Å². The summed E-state index contributed by atoms with van der Waals surface area (Å²) in [6, 6.07) is 23.4. The van der Waals surface area contributed by atoms with Crippen LogP contribution in [0, 0.1) is 0 Å². The molecular formula is C28H26N2O4S2. The first kappa shape index (κ1) is 24.2. The first-order valence-electron chi connectivity index (χ1n) is 11.7. The van der Waals surface area contributed by atoms with Gasteiger partial charge in [0.05, 0.1) is 16.7 Å². The molecule has 1 heterocycles. The maximum atomic E-state index is 12.6. The summed E-state index contributed by atoms with van der Waals surface area (Å²) in [5.74, 6) is 0.0485. The lowest BCUT2D eigenvalue weighted by Crippen LogP contribution is -2.21. The van der Waals surface area contributed by atoms with E-state index in [1.807, 2.05) is 12.1 Å². The third kappa shape index (κ3) is 4.42. The van der Waals surface area contributed by atoms with Crippen LogP contribution in [0.5, 0.6) is 0 Å².